The number of aromatic nitrogens is 1. The second-order valence-electron chi connectivity index (χ2n) is 6.86. The normalized spacial score (nSPS) is 24.5. The van der Waals surface area contributed by atoms with Crippen molar-refractivity contribution in [3.8, 4) is 0 Å². The Morgan fingerprint density at radius 2 is 1.96 bits per heavy atom. The molecule has 23 heavy (non-hydrogen) atoms. The van der Waals surface area contributed by atoms with Gasteiger partial charge in [0.2, 0.25) is 5.91 Å². The van der Waals surface area contributed by atoms with Crippen LogP contribution in [0.3, 0.4) is 0 Å². The maximum absolute atomic E-state index is 12.6. The van der Waals surface area contributed by atoms with E-state index in [-0.39, 0.29) is 18.3 Å². The minimum Gasteiger partial charge on any atom is -0.361 e. The predicted octanol–water partition coefficient (Wildman–Crippen LogP) is 2.72. The summed E-state index contributed by atoms with van der Waals surface area (Å²) in [5.41, 5.74) is 8.46. The van der Waals surface area contributed by atoms with E-state index >= 15 is 0 Å². The number of halogens is 1. The molecule has 0 spiro atoms. The molecule has 1 aromatic heterocycles. The van der Waals surface area contributed by atoms with Crippen LogP contribution in [0.4, 0.5) is 0 Å². The maximum atomic E-state index is 12.6. The average Bonchev–Trinajstić information content (AvgIpc) is 3.21. The van der Waals surface area contributed by atoms with Gasteiger partial charge in [-0.05, 0) is 42.7 Å². The maximum Gasteiger partial charge on any atom is 0.239 e. The summed E-state index contributed by atoms with van der Waals surface area (Å²) in [6, 6.07) is 7.73. The number of aromatic amines is 1. The van der Waals surface area contributed by atoms with Gasteiger partial charge >= 0.3 is 0 Å². The number of hydrogen-bond donors (Lipinski definition) is 2. The first-order valence-electron chi connectivity index (χ1n) is 8.32. The van der Waals surface area contributed by atoms with Crippen molar-refractivity contribution in [3.63, 3.8) is 0 Å². The lowest BCUT2D eigenvalue weighted by molar-refractivity contribution is -0.131. The summed E-state index contributed by atoms with van der Waals surface area (Å²) in [4.78, 5) is 17.9. The molecule has 2 aromatic rings. The molecule has 2 aliphatic rings. The third kappa shape index (κ3) is 2.98. The molecule has 0 bridgehead atoms. The van der Waals surface area contributed by atoms with Crippen LogP contribution < -0.4 is 5.73 Å². The fraction of sp³-hybridized carbons (Fsp3) is 0.500. The fourth-order valence-corrected chi connectivity index (χ4v) is 4.27. The van der Waals surface area contributed by atoms with E-state index in [0.717, 1.165) is 36.0 Å². The van der Waals surface area contributed by atoms with Gasteiger partial charge in [-0.3, -0.25) is 4.79 Å². The van der Waals surface area contributed by atoms with Gasteiger partial charge in [0.05, 0.1) is 6.04 Å². The molecule has 1 aliphatic carbocycles. The van der Waals surface area contributed by atoms with Gasteiger partial charge in [0.15, 0.2) is 0 Å². The van der Waals surface area contributed by atoms with Crippen LogP contribution >= 0.6 is 12.4 Å². The molecule has 1 amide bonds. The number of rotatable bonds is 3. The quantitative estimate of drug-likeness (QED) is 0.907. The van der Waals surface area contributed by atoms with E-state index < -0.39 is 6.04 Å². The van der Waals surface area contributed by atoms with Gasteiger partial charge in [-0.25, -0.2) is 0 Å². The third-order valence-electron chi connectivity index (χ3n) is 5.47. The van der Waals surface area contributed by atoms with Gasteiger partial charge in [-0.2, -0.15) is 0 Å². The highest BCUT2D eigenvalue weighted by molar-refractivity contribution is 5.86. The van der Waals surface area contributed by atoms with Crippen LogP contribution in [0, 0.1) is 11.8 Å². The Labute approximate surface area is 142 Å². The Balaban J connectivity index is 0.00000156. The first kappa shape index (κ1) is 16.3. The Morgan fingerprint density at radius 1 is 1.26 bits per heavy atom. The molecule has 0 radical (unpaired) electrons. The number of H-pyrrole nitrogens is 1. The predicted molar refractivity (Wildman–Crippen MR) is 94.6 cm³/mol. The average molecular weight is 334 g/mol. The standard InChI is InChI=1S/C18H23N3O.ClH/c19-16(8-14-9-20-17-7-2-1-6-15(14)17)18(22)21-10-12-4-3-5-13(12)11-21;/h1-2,6-7,9,12-13,16,20H,3-5,8,10-11,19H2;1H/t12?,13?,16-;/m0./s1. The van der Waals surface area contributed by atoms with E-state index in [0.29, 0.717) is 6.42 Å². The Kier molecular flexibility index (Phi) is 4.64. The molecule has 2 heterocycles. The van der Waals surface area contributed by atoms with Gasteiger partial charge in [0.1, 0.15) is 0 Å². The van der Waals surface area contributed by atoms with E-state index in [9.17, 15) is 4.79 Å². The van der Waals surface area contributed by atoms with Crippen LogP contribution in [0.25, 0.3) is 10.9 Å². The number of benzene rings is 1. The number of nitrogens with two attached hydrogens (primary N) is 1. The molecule has 1 saturated heterocycles. The zero-order valence-electron chi connectivity index (χ0n) is 13.2. The molecule has 3 N–H and O–H groups in total. The van der Waals surface area contributed by atoms with Crippen molar-refractivity contribution in [3.05, 3.63) is 36.0 Å². The van der Waals surface area contributed by atoms with E-state index in [1.807, 2.05) is 29.3 Å². The topological polar surface area (TPSA) is 62.1 Å². The summed E-state index contributed by atoms with van der Waals surface area (Å²) >= 11 is 0. The number of para-hydroxylation sites is 1. The molecule has 3 atom stereocenters. The van der Waals surface area contributed by atoms with Crippen LogP contribution in [0.1, 0.15) is 24.8 Å². The number of hydrogen-bond acceptors (Lipinski definition) is 2. The highest BCUT2D eigenvalue weighted by Crippen LogP contribution is 2.37. The molecule has 2 unspecified atom stereocenters. The second-order valence-corrected chi connectivity index (χ2v) is 6.86. The molecule has 1 aliphatic heterocycles. The van der Waals surface area contributed by atoms with Crippen LogP contribution in [0.15, 0.2) is 30.5 Å². The van der Waals surface area contributed by atoms with Gasteiger partial charge in [0.25, 0.3) is 0 Å². The van der Waals surface area contributed by atoms with Crippen LogP contribution in [-0.4, -0.2) is 34.9 Å². The van der Waals surface area contributed by atoms with E-state index in [1.54, 1.807) is 0 Å². The smallest absolute Gasteiger partial charge is 0.239 e. The van der Waals surface area contributed by atoms with Crippen molar-refractivity contribution in [2.45, 2.75) is 31.7 Å². The highest BCUT2D eigenvalue weighted by atomic mass is 35.5. The van der Waals surface area contributed by atoms with Crippen LogP contribution in [0.5, 0.6) is 0 Å². The molecule has 1 aromatic carbocycles. The summed E-state index contributed by atoms with van der Waals surface area (Å²) in [5, 5.41) is 1.17. The lowest BCUT2D eigenvalue weighted by atomic mass is 10.0. The van der Waals surface area contributed by atoms with Gasteiger partial charge in [-0.1, -0.05) is 24.6 Å². The lowest BCUT2D eigenvalue weighted by Crippen LogP contribution is -2.44. The van der Waals surface area contributed by atoms with E-state index in [1.165, 1.54) is 24.6 Å². The molecular weight excluding hydrogens is 310 g/mol. The molecule has 4 rings (SSSR count). The first-order valence-corrected chi connectivity index (χ1v) is 8.32. The first-order chi connectivity index (χ1) is 10.7. The second kappa shape index (κ2) is 6.54. The summed E-state index contributed by atoms with van der Waals surface area (Å²) < 4.78 is 0. The summed E-state index contributed by atoms with van der Waals surface area (Å²) in [6.07, 6.45) is 6.49. The number of likely N-dealkylation sites (tertiary alicyclic amines) is 1. The Morgan fingerprint density at radius 3 is 2.70 bits per heavy atom. The van der Waals surface area contributed by atoms with Crippen molar-refractivity contribution < 1.29 is 4.79 Å². The Hall–Kier alpha value is -1.52. The number of fused-ring (bicyclic) bond motifs is 2. The van der Waals surface area contributed by atoms with E-state index in [2.05, 4.69) is 11.1 Å². The molecule has 2 fully saturated rings. The van der Waals surface area contributed by atoms with Crippen LogP contribution in [-0.2, 0) is 11.2 Å². The molecule has 4 nitrogen and oxygen atoms in total. The monoisotopic (exact) mass is 333 g/mol. The van der Waals surface area contributed by atoms with Crippen molar-refractivity contribution in [1.29, 1.82) is 0 Å². The zero-order chi connectivity index (χ0) is 15.1. The minimum atomic E-state index is -0.432. The van der Waals surface area contributed by atoms with Crippen molar-refractivity contribution in [2.75, 3.05) is 13.1 Å². The highest BCUT2D eigenvalue weighted by Gasteiger charge is 2.39. The number of carbonyl (C=O) groups is 1. The summed E-state index contributed by atoms with van der Waals surface area (Å²) in [5.74, 6) is 1.58. The fourth-order valence-electron chi connectivity index (χ4n) is 4.27. The van der Waals surface area contributed by atoms with Crippen molar-refractivity contribution in [1.82, 2.24) is 9.88 Å². The number of nitrogens with one attached hydrogen (secondary N) is 1. The number of nitrogens with zero attached hydrogens (tertiary/aromatic N) is 1. The molecule has 124 valence electrons. The summed E-state index contributed by atoms with van der Waals surface area (Å²) in [6.45, 7) is 1.84. The largest absolute Gasteiger partial charge is 0.361 e. The van der Waals surface area contributed by atoms with Gasteiger partial charge < -0.3 is 15.6 Å². The molecule has 5 heteroatoms. The third-order valence-corrected chi connectivity index (χ3v) is 5.47. The zero-order valence-corrected chi connectivity index (χ0v) is 14.0. The molecular formula is C18H24ClN3O. The minimum absolute atomic E-state index is 0. The summed E-state index contributed by atoms with van der Waals surface area (Å²) in [7, 11) is 0. The SMILES string of the molecule is Cl.N[C@@H](Cc1c[nH]c2ccccc12)C(=O)N1CC2CCCC2C1. The lowest BCUT2D eigenvalue weighted by Gasteiger charge is -2.21. The number of amides is 1. The van der Waals surface area contributed by atoms with Crippen molar-refractivity contribution >= 4 is 29.2 Å². The van der Waals surface area contributed by atoms with Gasteiger partial charge in [-0.15, -0.1) is 12.4 Å². The number of carbonyl (C=O) groups excluding carboxylic acids is 1. The van der Waals surface area contributed by atoms with Crippen LogP contribution in [0.2, 0.25) is 0 Å². The van der Waals surface area contributed by atoms with E-state index in [4.69, 9.17) is 5.73 Å². The molecule has 1 saturated carbocycles. The Bertz CT molecular complexity index is 686. The van der Waals surface area contributed by atoms with Crippen molar-refractivity contribution in [2.24, 2.45) is 17.6 Å². The van der Waals surface area contributed by atoms with Gasteiger partial charge in [0, 0.05) is 30.2 Å².